The van der Waals surface area contributed by atoms with Crippen molar-refractivity contribution in [3.05, 3.63) is 52.4 Å². The highest BCUT2D eigenvalue weighted by Crippen LogP contribution is 2.30. The van der Waals surface area contributed by atoms with Crippen LogP contribution in [0.15, 0.2) is 45.6 Å². The van der Waals surface area contributed by atoms with E-state index in [0.29, 0.717) is 11.1 Å². The summed E-state index contributed by atoms with van der Waals surface area (Å²) in [5.74, 6) is 0.454. The first-order valence-corrected chi connectivity index (χ1v) is 5.71. The highest BCUT2D eigenvalue weighted by Gasteiger charge is 2.12. The van der Waals surface area contributed by atoms with Gasteiger partial charge in [0.2, 0.25) is 0 Å². The van der Waals surface area contributed by atoms with E-state index in [2.05, 4.69) is 6.58 Å². The number of benzene rings is 1. The van der Waals surface area contributed by atoms with Gasteiger partial charge in [-0.15, -0.1) is 0 Å². The fraction of sp³-hybridized carbons (Fsp3) is 0.133. The van der Waals surface area contributed by atoms with E-state index in [0.717, 1.165) is 5.57 Å². The maximum atomic E-state index is 11.9. The minimum Gasteiger partial charge on any atom is -0.506 e. The van der Waals surface area contributed by atoms with E-state index < -0.39 is 5.63 Å². The summed E-state index contributed by atoms with van der Waals surface area (Å²) in [6.45, 7) is 5.38. The molecular weight excluding hydrogens is 244 g/mol. The molecule has 0 aliphatic heterocycles. The summed E-state index contributed by atoms with van der Waals surface area (Å²) in [5.41, 5.74) is 0.570. The summed E-state index contributed by atoms with van der Waals surface area (Å²) in [4.78, 5) is 11.9. The number of methoxy groups -OCH3 is 1. The standard InChI is InChI=1S/C15H14O4/c1-4-9(2)7-12-14(16)11-6-5-10(18-3)8-13(11)19-15(12)17/h4-8,16H,1H2,2-3H3. The molecule has 1 heterocycles. The second-order valence-electron chi connectivity index (χ2n) is 4.11. The predicted octanol–water partition coefficient (Wildman–Crippen LogP) is 3.10. The van der Waals surface area contributed by atoms with Crippen molar-refractivity contribution >= 4 is 17.0 Å². The van der Waals surface area contributed by atoms with Gasteiger partial charge in [-0.2, -0.15) is 0 Å². The number of hydrogen-bond acceptors (Lipinski definition) is 4. The second kappa shape index (κ2) is 5.02. The maximum absolute atomic E-state index is 11.9. The Morgan fingerprint density at radius 1 is 1.47 bits per heavy atom. The van der Waals surface area contributed by atoms with Crippen molar-refractivity contribution in [3.8, 4) is 11.5 Å². The summed E-state index contributed by atoms with van der Waals surface area (Å²) in [5, 5.41) is 10.6. The number of hydrogen-bond donors (Lipinski definition) is 1. The number of allylic oxidation sites excluding steroid dienone is 2. The van der Waals surface area contributed by atoms with Gasteiger partial charge in [-0.1, -0.05) is 18.2 Å². The van der Waals surface area contributed by atoms with Gasteiger partial charge in [0.1, 0.15) is 22.6 Å². The second-order valence-corrected chi connectivity index (χ2v) is 4.11. The first kappa shape index (κ1) is 13.0. The number of aromatic hydroxyl groups is 1. The molecule has 4 nitrogen and oxygen atoms in total. The average Bonchev–Trinajstić information content (AvgIpc) is 2.42. The van der Waals surface area contributed by atoms with Crippen molar-refractivity contribution in [2.45, 2.75) is 6.92 Å². The molecule has 0 aliphatic rings. The molecule has 1 aromatic carbocycles. The zero-order valence-corrected chi connectivity index (χ0v) is 10.8. The van der Waals surface area contributed by atoms with Crippen LogP contribution in [0.4, 0.5) is 0 Å². The summed E-state index contributed by atoms with van der Waals surface area (Å²) in [7, 11) is 1.52. The fourth-order valence-electron chi connectivity index (χ4n) is 1.72. The highest BCUT2D eigenvalue weighted by molar-refractivity contribution is 5.87. The van der Waals surface area contributed by atoms with E-state index in [1.807, 2.05) is 0 Å². The molecule has 0 radical (unpaired) electrons. The van der Waals surface area contributed by atoms with Crippen LogP contribution in [-0.4, -0.2) is 12.2 Å². The lowest BCUT2D eigenvalue weighted by Gasteiger charge is -2.05. The van der Waals surface area contributed by atoms with E-state index >= 15 is 0 Å². The largest absolute Gasteiger partial charge is 0.506 e. The summed E-state index contributed by atoms with van der Waals surface area (Å²) in [6, 6.07) is 4.90. The quantitative estimate of drug-likeness (QED) is 0.679. The average molecular weight is 258 g/mol. The molecule has 0 saturated heterocycles. The van der Waals surface area contributed by atoms with Crippen molar-refractivity contribution in [2.24, 2.45) is 0 Å². The molecule has 0 bridgehead atoms. The molecule has 2 aromatic rings. The first-order chi connectivity index (χ1) is 9.06. The van der Waals surface area contributed by atoms with Gasteiger partial charge in [0.05, 0.1) is 12.5 Å². The van der Waals surface area contributed by atoms with Gasteiger partial charge in [-0.05, 0) is 25.1 Å². The van der Waals surface area contributed by atoms with Crippen molar-refractivity contribution < 1.29 is 14.3 Å². The molecule has 0 saturated carbocycles. The van der Waals surface area contributed by atoms with Gasteiger partial charge in [-0.25, -0.2) is 4.79 Å². The van der Waals surface area contributed by atoms with E-state index in [1.54, 1.807) is 31.2 Å². The van der Waals surface area contributed by atoms with Gasteiger partial charge < -0.3 is 14.3 Å². The van der Waals surface area contributed by atoms with Gasteiger partial charge in [0.15, 0.2) is 0 Å². The summed E-state index contributed by atoms with van der Waals surface area (Å²) in [6.07, 6.45) is 3.13. The van der Waals surface area contributed by atoms with E-state index in [-0.39, 0.29) is 16.9 Å². The van der Waals surface area contributed by atoms with Crippen LogP contribution in [-0.2, 0) is 0 Å². The monoisotopic (exact) mass is 258 g/mol. The van der Waals surface area contributed by atoms with Crippen molar-refractivity contribution in [1.82, 2.24) is 0 Å². The van der Waals surface area contributed by atoms with Gasteiger partial charge >= 0.3 is 5.63 Å². The Morgan fingerprint density at radius 3 is 2.84 bits per heavy atom. The molecule has 19 heavy (non-hydrogen) atoms. The smallest absolute Gasteiger partial charge is 0.347 e. The third kappa shape index (κ3) is 2.38. The lowest BCUT2D eigenvalue weighted by molar-refractivity contribution is 0.413. The molecule has 0 aliphatic carbocycles. The predicted molar refractivity (Wildman–Crippen MR) is 74.5 cm³/mol. The Bertz CT molecular complexity index is 723. The fourth-order valence-corrected chi connectivity index (χ4v) is 1.72. The zero-order valence-electron chi connectivity index (χ0n) is 10.8. The molecule has 0 fully saturated rings. The van der Waals surface area contributed by atoms with Crippen LogP contribution in [0.3, 0.4) is 0 Å². The maximum Gasteiger partial charge on any atom is 0.347 e. The molecule has 0 spiro atoms. The van der Waals surface area contributed by atoms with E-state index in [4.69, 9.17) is 9.15 Å². The topological polar surface area (TPSA) is 59.7 Å². The summed E-state index contributed by atoms with van der Waals surface area (Å²) < 4.78 is 10.2. The first-order valence-electron chi connectivity index (χ1n) is 5.71. The Hall–Kier alpha value is -2.49. The molecule has 2 rings (SSSR count). The van der Waals surface area contributed by atoms with Crippen LogP contribution in [0.1, 0.15) is 12.5 Å². The normalized spacial score (nSPS) is 11.6. The molecular formula is C15H14O4. The molecule has 98 valence electrons. The molecule has 0 atom stereocenters. The lowest BCUT2D eigenvalue weighted by Crippen LogP contribution is -2.04. The number of fused-ring (bicyclic) bond motifs is 1. The Balaban J connectivity index is 2.76. The third-order valence-corrected chi connectivity index (χ3v) is 2.82. The highest BCUT2D eigenvalue weighted by atomic mass is 16.5. The van der Waals surface area contributed by atoms with Crippen LogP contribution in [0.5, 0.6) is 11.5 Å². The SMILES string of the molecule is C=CC(C)=Cc1c(O)c2ccc(OC)cc2oc1=O. The van der Waals surface area contributed by atoms with E-state index in [9.17, 15) is 9.90 Å². The Labute approximate surface area is 110 Å². The lowest BCUT2D eigenvalue weighted by atomic mass is 10.1. The van der Waals surface area contributed by atoms with Gasteiger partial charge in [-0.3, -0.25) is 0 Å². The minimum absolute atomic E-state index is 0.102. The Morgan fingerprint density at radius 2 is 2.21 bits per heavy atom. The van der Waals surface area contributed by atoms with Crippen LogP contribution < -0.4 is 10.4 Å². The van der Waals surface area contributed by atoms with Crippen molar-refractivity contribution in [1.29, 1.82) is 0 Å². The summed E-state index contributed by atoms with van der Waals surface area (Å²) >= 11 is 0. The van der Waals surface area contributed by atoms with Crippen LogP contribution in [0, 0.1) is 0 Å². The Kier molecular flexibility index (Phi) is 3.42. The molecule has 1 aromatic heterocycles. The molecule has 0 amide bonds. The van der Waals surface area contributed by atoms with Crippen LogP contribution >= 0.6 is 0 Å². The number of ether oxygens (including phenoxy) is 1. The molecule has 1 N–H and O–H groups in total. The van der Waals surface area contributed by atoms with E-state index in [1.165, 1.54) is 13.2 Å². The van der Waals surface area contributed by atoms with Gasteiger partial charge in [0, 0.05) is 6.07 Å². The third-order valence-electron chi connectivity index (χ3n) is 2.82. The van der Waals surface area contributed by atoms with Gasteiger partial charge in [0.25, 0.3) is 0 Å². The molecule has 0 unspecified atom stereocenters. The molecule has 4 heteroatoms. The number of rotatable bonds is 3. The van der Waals surface area contributed by atoms with Crippen LogP contribution in [0.2, 0.25) is 0 Å². The van der Waals surface area contributed by atoms with Crippen molar-refractivity contribution in [3.63, 3.8) is 0 Å². The minimum atomic E-state index is -0.598. The zero-order chi connectivity index (χ0) is 14.0. The van der Waals surface area contributed by atoms with Crippen molar-refractivity contribution in [2.75, 3.05) is 7.11 Å². The van der Waals surface area contributed by atoms with Crippen LogP contribution in [0.25, 0.3) is 17.0 Å².